The normalized spacial score (nSPS) is 18.4. The molecular formula is C32H41N9O2S. The highest BCUT2D eigenvalue weighted by Gasteiger charge is 2.27. The standard InChI is InChI=1S/C32H41N9O2S/c1-21(2)44-26-6-5-22(3)27(15-26)30-29(37-32(42)28-17-36-41-11-4-10-34-31(28)41)19-40(38-30)18-23(33)16-35-24-7-12-39(13-8-24)25-9-14-43-20-25/h4-6,10-11,15-17,19,21,24-25,35H,7-9,12-14,18,20,33H2,1-3H3,(H,37,42)/b23-16-/t25-/m1/s1. The van der Waals surface area contributed by atoms with E-state index in [2.05, 4.69) is 64.6 Å². The molecule has 2 aliphatic rings. The summed E-state index contributed by atoms with van der Waals surface area (Å²) in [6.45, 7) is 10.7. The minimum atomic E-state index is -0.300. The maximum absolute atomic E-state index is 13.5. The fraction of sp³-hybridized carbons (Fsp3) is 0.438. The Balaban J connectivity index is 1.21. The first-order valence-corrected chi connectivity index (χ1v) is 16.2. The molecule has 3 aromatic heterocycles. The first-order valence-electron chi connectivity index (χ1n) is 15.3. The van der Waals surface area contributed by atoms with E-state index in [-0.39, 0.29) is 5.91 Å². The second-order valence-corrected chi connectivity index (χ2v) is 13.5. The van der Waals surface area contributed by atoms with Crippen LogP contribution in [-0.4, -0.2) is 78.8 Å². The fourth-order valence-corrected chi connectivity index (χ4v) is 6.75. The topological polar surface area (TPSA) is 128 Å². The van der Waals surface area contributed by atoms with Crippen molar-refractivity contribution in [2.24, 2.45) is 5.73 Å². The molecule has 6 rings (SSSR count). The molecule has 2 saturated heterocycles. The van der Waals surface area contributed by atoms with Crippen molar-refractivity contribution in [2.75, 3.05) is 31.6 Å². The second kappa shape index (κ2) is 13.4. The van der Waals surface area contributed by atoms with E-state index < -0.39 is 0 Å². The van der Waals surface area contributed by atoms with Crippen LogP contribution in [0.15, 0.2) is 65.8 Å². The van der Waals surface area contributed by atoms with Crippen molar-refractivity contribution in [2.45, 2.75) is 68.8 Å². The number of rotatable bonds is 10. The Bertz CT molecular complexity index is 1630. The highest BCUT2D eigenvalue weighted by Crippen LogP contribution is 2.34. The maximum Gasteiger partial charge on any atom is 0.261 e. The molecule has 2 aliphatic heterocycles. The summed E-state index contributed by atoms with van der Waals surface area (Å²) >= 11 is 1.79. The molecule has 2 fully saturated rings. The predicted octanol–water partition coefficient (Wildman–Crippen LogP) is 4.30. The SMILES string of the molecule is Cc1ccc(SC(C)C)cc1-c1nn(C/C(N)=C/NC2CCN([C@@H]3CCOC3)CC2)cc1NC(=O)c1cnn2cccnc12. The quantitative estimate of drug-likeness (QED) is 0.224. The number of nitrogens with one attached hydrogen (secondary N) is 2. The summed E-state index contributed by atoms with van der Waals surface area (Å²) in [5, 5.41) is 16.3. The fourth-order valence-electron chi connectivity index (χ4n) is 5.87. The molecule has 232 valence electrons. The number of thioether (sulfide) groups is 1. The van der Waals surface area contributed by atoms with Crippen LogP contribution in [0.4, 0.5) is 5.69 Å². The monoisotopic (exact) mass is 615 g/mol. The summed E-state index contributed by atoms with van der Waals surface area (Å²) in [4.78, 5) is 21.5. The molecule has 1 atom stereocenters. The van der Waals surface area contributed by atoms with Crippen LogP contribution in [0.3, 0.4) is 0 Å². The lowest BCUT2D eigenvalue weighted by Crippen LogP contribution is -2.46. The number of aromatic nitrogens is 5. The van der Waals surface area contributed by atoms with Gasteiger partial charge in [0.2, 0.25) is 0 Å². The Labute approximate surface area is 262 Å². The highest BCUT2D eigenvalue weighted by molar-refractivity contribution is 7.99. The smallest absolute Gasteiger partial charge is 0.261 e. The number of fused-ring (bicyclic) bond motifs is 1. The van der Waals surface area contributed by atoms with Crippen LogP contribution in [0.5, 0.6) is 0 Å². The number of nitrogens with zero attached hydrogens (tertiary/aromatic N) is 6. The van der Waals surface area contributed by atoms with E-state index >= 15 is 0 Å². The van der Waals surface area contributed by atoms with Crippen LogP contribution in [0, 0.1) is 6.92 Å². The predicted molar refractivity (Wildman–Crippen MR) is 174 cm³/mol. The van der Waals surface area contributed by atoms with Crippen LogP contribution >= 0.6 is 11.8 Å². The molecule has 0 aliphatic carbocycles. The molecule has 4 aromatic rings. The van der Waals surface area contributed by atoms with Gasteiger partial charge in [-0.05, 0) is 49.9 Å². The van der Waals surface area contributed by atoms with Gasteiger partial charge in [-0.2, -0.15) is 10.2 Å². The average molecular weight is 616 g/mol. The Morgan fingerprint density at radius 2 is 2.09 bits per heavy atom. The van der Waals surface area contributed by atoms with Crippen molar-refractivity contribution in [3.63, 3.8) is 0 Å². The van der Waals surface area contributed by atoms with Crippen molar-refractivity contribution in [1.82, 2.24) is 34.6 Å². The number of allylic oxidation sites excluding steroid dienone is 1. The second-order valence-electron chi connectivity index (χ2n) is 11.8. The van der Waals surface area contributed by atoms with Gasteiger partial charge in [0.1, 0.15) is 11.3 Å². The largest absolute Gasteiger partial charge is 0.399 e. The molecule has 0 saturated carbocycles. The minimum Gasteiger partial charge on any atom is -0.399 e. The number of carbonyl (C=O) groups is 1. The van der Waals surface area contributed by atoms with E-state index in [1.54, 1.807) is 39.4 Å². The number of nitrogens with two attached hydrogens (primary N) is 1. The molecule has 12 heteroatoms. The summed E-state index contributed by atoms with van der Waals surface area (Å²) in [5.74, 6) is -0.300. The number of likely N-dealkylation sites (tertiary alicyclic amines) is 1. The lowest BCUT2D eigenvalue weighted by Gasteiger charge is -2.35. The summed E-state index contributed by atoms with van der Waals surface area (Å²) < 4.78 is 8.95. The highest BCUT2D eigenvalue weighted by atomic mass is 32.2. The van der Waals surface area contributed by atoms with Crippen LogP contribution in [-0.2, 0) is 11.3 Å². The van der Waals surface area contributed by atoms with Gasteiger partial charge >= 0.3 is 0 Å². The minimum absolute atomic E-state index is 0.300. The van der Waals surface area contributed by atoms with E-state index in [0.29, 0.717) is 52.2 Å². The van der Waals surface area contributed by atoms with Gasteiger partial charge in [-0.15, -0.1) is 11.8 Å². The first kappa shape index (κ1) is 30.2. The van der Waals surface area contributed by atoms with Gasteiger partial charge in [0, 0.05) is 78.0 Å². The first-order chi connectivity index (χ1) is 21.3. The average Bonchev–Trinajstić information content (AvgIpc) is 3.78. The number of amides is 1. The van der Waals surface area contributed by atoms with Gasteiger partial charge in [-0.3, -0.25) is 14.4 Å². The third-order valence-electron chi connectivity index (χ3n) is 8.17. The van der Waals surface area contributed by atoms with Gasteiger partial charge < -0.3 is 21.1 Å². The Morgan fingerprint density at radius 1 is 1.25 bits per heavy atom. The number of benzene rings is 1. The Kier molecular flexibility index (Phi) is 9.20. The molecule has 0 unspecified atom stereocenters. The van der Waals surface area contributed by atoms with Gasteiger partial charge in [-0.25, -0.2) is 9.50 Å². The number of carbonyl (C=O) groups excluding carboxylic acids is 1. The molecule has 44 heavy (non-hydrogen) atoms. The van der Waals surface area contributed by atoms with Crippen LogP contribution in [0.2, 0.25) is 0 Å². The van der Waals surface area contributed by atoms with Crippen molar-refractivity contribution < 1.29 is 9.53 Å². The number of anilines is 1. The Hall–Kier alpha value is -3.87. The molecule has 5 heterocycles. The molecule has 0 bridgehead atoms. The van der Waals surface area contributed by atoms with E-state index in [9.17, 15) is 4.79 Å². The van der Waals surface area contributed by atoms with Crippen LogP contribution < -0.4 is 16.4 Å². The van der Waals surface area contributed by atoms with Gasteiger partial charge in [-0.1, -0.05) is 19.9 Å². The van der Waals surface area contributed by atoms with Crippen LogP contribution in [0.1, 0.15) is 49.0 Å². The number of ether oxygens (including phenoxy) is 1. The third-order valence-corrected chi connectivity index (χ3v) is 9.17. The van der Waals surface area contributed by atoms with Gasteiger partial charge in [0.05, 0.1) is 25.0 Å². The molecule has 1 amide bonds. The third kappa shape index (κ3) is 6.92. The van der Waals surface area contributed by atoms with Crippen molar-refractivity contribution in [3.05, 3.63) is 72.1 Å². The van der Waals surface area contributed by atoms with Gasteiger partial charge in [0.25, 0.3) is 5.91 Å². The lowest BCUT2D eigenvalue weighted by atomic mass is 10.0. The zero-order valence-corrected chi connectivity index (χ0v) is 26.4. The maximum atomic E-state index is 13.5. The lowest BCUT2D eigenvalue weighted by molar-refractivity contribution is 0.102. The van der Waals surface area contributed by atoms with E-state index in [1.165, 1.54) is 6.20 Å². The molecule has 0 radical (unpaired) electrons. The zero-order chi connectivity index (χ0) is 30.6. The molecule has 11 nitrogen and oxygen atoms in total. The Morgan fingerprint density at radius 3 is 2.86 bits per heavy atom. The van der Waals surface area contributed by atoms with Gasteiger partial charge in [0.15, 0.2) is 5.65 Å². The van der Waals surface area contributed by atoms with Crippen molar-refractivity contribution in [3.8, 4) is 11.3 Å². The zero-order valence-electron chi connectivity index (χ0n) is 25.6. The van der Waals surface area contributed by atoms with E-state index in [0.717, 1.165) is 61.6 Å². The summed E-state index contributed by atoms with van der Waals surface area (Å²) in [6.07, 6.45) is 12.0. The summed E-state index contributed by atoms with van der Waals surface area (Å²) in [6, 6.07) is 9.10. The number of hydrogen-bond donors (Lipinski definition) is 3. The van der Waals surface area contributed by atoms with E-state index in [1.807, 2.05) is 12.4 Å². The number of aryl methyl sites for hydroxylation is 1. The summed E-state index contributed by atoms with van der Waals surface area (Å²) in [7, 11) is 0. The number of piperidine rings is 1. The van der Waals surface area contributed by atoms with Crippen molar-refractivity contribution >= 4 is 29.0 Å². The van der Waals surface area contributed by atoms with E-state index in [4.69, 9.17) is 15.6 Å². The van der Waals surface area contributed by atoms with Crippen molar-refractivity contribution in [1.29, 1.82) is 0 Å². The molecule has 1 aromatic carbocycles. The molecule has 0 spiro atoms. The van der Waals surface area contributed by atoms with Crippen LogP contribution in [0.25, 0.3) is 16.9 Å². The summed E-state index contributed by atoms with van der Waals surface area (Å²) in [5.41, 5.74) is 11.4. The molecule has 4 N–H and O–H groups in total. The number of hydrogen-bond acceptors (Lipinski definition) is 9. The molecular weight excluding hydrogens is 574 g/mol.